The summed E-state index contributed by atoms with van der Waals surface area (Å²) in [7, 11) is -3.96. The van der Waals surface area contributed by atoms with E-state index in [1.54, 1.807) is 0 Å². The molecule has 158 valence electrons. The van der Waals surface area contributed by atoms with Crippen LogP contribution in [0.25, 0.3) is 0 Å². The molecule has 1 aliphatic rings. The molecule has 0 unspecified atom stereocenters. The van der Waals surface area contributed by atoms with Crippen LogP contribution in [0.15, 0.2) is 47.4 Å². The Balaban J connectivity index is 1.77. The lowest BCUT2D eigenvalue weighted by Gasteiger charge is -2.34. The summed E-state index contributed by atoms with van der Waals surface area (Å²) in [6.07, 6.45) is 0. The lowest BCUT2D eigenvalue weighted by Crippen LogP contribution is -2.50. The maximum absolute atomic E-state index is 13.4. The number of rotatable bonds is 5. The van der Waals surface area contributed by atoms with Gasteiger partial charge < -0.3 is 4.90 Å². The second kappa shape index (κ2) is 8.12. The fourth-order valence-electron chi connectivity index (χ4n) is 3.02. The van der Waals surface area contributed by atoms with Gasteiger partial charge in [-0.15, -0.1) is 0 Å². The van der Waals surface area contributed by atoms with Crippen LogP contribution in [0, 0.1) is 26.0 Å². The normalized spacial score (nSPS) is 15.0. The molecular weight excluding hydrogens is 423 g/mol. The number of amides is 1. The van der Waals surface area contributed by atoms with Crippen molar-refractivity contribution < 1.29 is 27.4 Å². The van der Waals surface area contributed by atoms with Crippen molar-refractivity contribution >= 4 is 27.3 Å². The molecule has 30 heavy (non-hydrogen) atoms. The van der Waals surface area contributed by atoms with Crippen molar-refractivity contribution in [1.29, 1.82) is 0 Å². The van der Waals surface area contributed by atoms with E-state index in [1.807, 2.05) is 0 Å². The Morgan fingerprint density at radius 2 is 1.50 bits per heavy atom. The number of nitro groups is 2. The van der Waals surface area contributed by atoms with Crippen LogP contribution in [0.3, 0.4) is 0 Å². The maximum atomic E-state index is 13.4. The SMILES string of the molecule is O=C(c1cc([N+](=O)[O-])cc([N+](=O)[O-])c1)N1CCN(S(=O)(=O)c2cccc(F)c2)CC1. The number of benzene rings is 2. The topological polar surface area (TPSA) is 144 Å². The quantitative estimate of drug-likeness (QED) is 0.511. The number of halogens is 1. The predicted octanol–water partition coefficient (Wildman–Crippen LogP) is 1.79. The number of carbonyl (C=O) groups excluding carboxylic acids is 1. The van der Waals surface area contributed by atoms with E-state index in [4.69, 9.17) is 0 Å². The van der Waals surface area contributed by atoms with Gasteiger partial charge in [0.2, 0.25) is 10.0 Å². The summed E-state index contributed by atoms with van der Waals surface area (Å²) in [6.45, 7) is -0.239. The minimum absolute atomic E-state index is 0.0378. The molecule has 1 amide bonds. The predicted molar refractivity (Wildman–Crippen MR) is 101 cm³/mol. The van der Waals surface area contributed by atoms with Gasteiger partial charge in [-0.3, -0.25) is 25.0 Å². The zero-order chi connectivity index (χ0) is 22.1. The van der Waals surface area contributed by atoms with Gasteiger partial charge in [-0.05, 0) is 18.2 Å². The van der Waals surface area contributed by atoms with E-state index in [9.17, 15) is 37.8 Å². The summed E-state index contributed by atoms with van der Waals surface area (Å²) in [5.41, 5.74) is -1.43. The summed E-state index contributed by atoms with van der Waals surface area (Å²) in [6, 6.07) is 7.18. The van der Waals surface area contributed by atoms with E-state index in [1.165, 1.54) is 17.0 Å². The van der Waals surface area contributed by atoms with E-state index in [2.05, 4.69) is 0 Å². The van der Waals surface area contributed by atoms with Gasteiger partial charge in [0.1, 0.15) is 5.82 Å². The maximum Gasteiger partial charge on any atom is 0.277 e. The highest BCUT2D eigenvalue weighted by Crippen LogP contribution is 2.25. The molecule has 0 saturated carbocycles. The molecule has 0 aromatic heterocycles. The number of non-ortho nitro benzene ring substituents is 2. The van der Waals surface area contributed by atoms with Crippen molar-refractivity contribution in [3.8, 4) is 0 Å². The largest absolute Gasteiger partial charge is 0.336 e. The van der Waals surface area contributed by atoms with Gasteiger partial charge in [-0.1, -0.05) is 6.07 Å². The van der Waals surface area contributed by atoms with Crippen molar-refractivity contribution in [3.63, 3.8) is 0 Å². The van der Waals surface area contributed by atoms with Gasteiger partial charge >= 0.3 is 0 Å². The van der Waals surface area contributed by atoms with Crippen molar-refractivity contribution in [2.75, 3.05) is 26.2 Å². The second-order valence-corrected chi connectivity index (χ2v) is 8.34. The van der Waals surface area contributed by atoms with Crippen molar-refractivity contribution in [2.45, 2.75) is 4.90 Å². The molecule has 2 aromatic rings. The van der Waals surface area contributed by atoms with Crippen LogP contribution < -0.4 is 0 Å². The molecule has 0 radical (unpaired) electrons. The molecule has 0 aliphatic carbocycles. The van der Waals surface area contributed by atoms with Crippen LogP contribution in [0.1, 0.15) is 10.4 Å². The Morgan fingerprint density at radius 3 is 2.00 bits per heavy atom. The first kappa shape index (κ1) is 21.3. The van der Waals surface area contributed by atoms with Crippen LogP contribution >= 0.6 is 0 Å². The van der Waals surface area contributed by atoms with E-state index in [-0.39, 0.29) is 36.6 Å². The van der Waals surface area contributed by atoms with Gasteiger partial charge in [0.05, 0.1) is 26.4 Å². The van der Waals surface area contributed by atoms with Crippen LogP contribution in [-0.4, -0.2) is 59.6 Å². The highest BCUT2D eigenvalue weighted by molar-refractivity contribution is 7.89. The minimum atomic E-state index is -3.96. The van der Waals surface area contributed by atoms with Crippen LogP contribution in [0.4, 0.5) is 15.8 Å². The highest BCUT2D eigenvalue weighted by Gasteiger charge is 2.31. The number of nitrogens with zero attached hydrogens (tertiary/aromatic N) is 4. The molecule has 0 spiro atoms. The van der Waals surface area contributed by atoms with E-state index in [0.29, 0.717) is 0 Å². The van der Waals surface area contributed by atoms with E-state index < -0.39 is 43.0 Å². The average Bonchev–Trinajstić information content (AvgIpc) is 2.72. The lowest BCUT2D eigenvalue weighted by atomic mass is 10.1. The first-order chi connectivity index (χ1) is 14.1. The van der Waals surface area contributed by atoms with Crippen molar-refractivity contribution in [2.24, 2.45) is 0 Å². The molecule has 0 N–H and O–H groups in total. The summed E-state index contributed by atoms with van der Waals surface area (Å²) in [5, 5.41) is 22.0. The molecule has 13 heteroatoms. The second-order valence-electron chi connectivity index (χ2n) is 6.41. The van der Waals surface area contributed by atoms with E-state index in [0.717, 1.165) is 34.6 Å². The molecule has 1 aliphatic heterocycles. The standard InChI is InChI=1S/C17H15FN4O7S/c18-13-2-1-3-16(10-13)30(28,29)20-6-4-19(5-7-20)17(23)12-8-14(21(24)25)11-15(9-12)22(26)27/h1-3,8-11H,4-7H2. The minimum Gasteiger partial charge on any atom is -0.336 e. The van der Waals surface area contributed by atoms with Crippen LogP contribution in [0.2, 0.25) is 0 Å². The Bertz CT molecular complexity index is 1100. The molecule has 1 fully saturated rings. The number of piperazine rings is 1. The fourth-order valence-corrected chi connectivity index (χ4v) is 4.47. The lowest BCUT2D eigenvalue weighted by molar-refractivity contribution is -0.394. The third kappa shape index (κ3) is 4.26. The van der Waals surface area contributed by atoms with Gasteiger partial charge in [0.15, 0.2) is 0 Å². The van der Waals surface area contributed by atoms with Crippen LogP contribution in [0.5, 0.6) is 0 Å². The molecule has 3 rings (SSSR count). The zero-order valence-electron chi connectivity index (χ0n) is 15.3. The molecule has 2 aromatic carbocycles. The summed E-state index contributed by atoms with van der Waals surface area (Å²) >= 11 is 0. The Hall–Kier alpha value is -3.45. The third-order valence-electron chi connectivity index (χ3n) is 4.53. The third-order valence-corrected chi connectivity index (χ3v) is 6.43. The van der Waals surface area contributed by atoms with E-state index >= 15 is 0 Å². The Morgan fingerprint density at radius 1 is 0.933 bits per heavy atom. The molecule has 0 atom stereocenters. The molecular formula is C17H15FN4O7S. The number of hydrogen-bond donors (Lipinski definition) is 0. The Labute approximate surface area is 169 Å². The average molecular weight is 438 g/mol. The summed E-state index contributed by atoms with van der Waals surface area (Å²) < 4.78 is 39.7. The number of sulfonamides is 1. The van der Waals surface area contributed by atoms with Gasteiger partial charge in [0.25, 0.3) is 17.3 Å². The van der Waals surface area contributed by atoms with Crippen LogP contribution in [-0.2, 0) is 10.0 Å². The first-order valence-corrected chi connectivity index (χ1v) is 10.0. The fraction of sp³-hybridized carbons (Fsp3) is 0.235. The number of carbonyl (C=O) groups is 1. The smallest absolute Gasteiger partial charge is 0.277 e. The highest BCUT2D eigenvalue weighted by atomic mass is 32.2. The van der Waals surface area contributed by atoms with Gasteiger partial charge in [-0.2, -0.15) is 4.31 Å². The van der Waals surface area contributed by atoms with Crippen molar-refractivity contribution in [1.82, 2.24) is 9.21 Å². The molecule has 11 nitrogen and oxygen atoms in total. The monoisotopic (exact) mass is 438 g/mol. The molecule has 1 heterocycles. The summed E-state index contributed by atoms with van der Waals surface area (Å²) in [4.78, 5) is 34.0. The molecule has 1 saturated heterocycles. The first-order valence-electron chi connectivity index (χ1n) is 8.58. The number of hydrogen-bond acceptors (Lipinski definition) is 7. The van der Waals surface area contributed by atoms with Gasteiger partial charge in [0, 0.05) is 38.3 Å². The van der Waals surface area contributed by atoms with Crippen molar-refractivity contribution in [3.05, 3.63) is 74.1 Å². The van der Waals surface area contributed by atoms with Gasteiger partial charge in [-0.25, -0.2) is 12.8 Å². The zero-order valence-corrected chi connectivity index (χ0v) is 16.1. The molecule has 0 bridgehead atoms. The Kier molecular flexibility index (Phi) is 5.75. The number of nitro benzene ring substituents is 2. The summed E-state index contributed by atoms with van der Waals surface area (Å²) in [5.74, 6) is -1.39.